The van der Waals surface area contributed by atoms with E-state index in [2.05, 4.69) is 0 Å². The van der Waals surface area contributed by atoms with E-state index in [1.54, 1.807) is 0 Å². The summed E-state index contributed by atoms with van der Waals surface area (Å²) < 4.78 is 0. The Kier molecular flexibility index (Phi) is 2210. The van der Waals surface area contributed by atoms with Gasteiger partial charge in [-0.25, -0.2) is 0 Å². The van der Waals surface area contributed by atoms with Crippen molar-refractivity contribution in [1.29, 1.82) is 0 Å². The molecule has 0 rings (SSSR count). The van der Waals surface area contributed by atoms with E-state index in [0.717, 1.165) is 0 Å². The Morgan fingerprint density at radius 1 is 0.0625 bits per heavy atom. The molecule has 0 bridgehead atoms. The maximum atomic E-state index is 0. The molecule has 16 heavy (non-hydrogen) atoms. The van der Waals surface area contributed by atoms with Crippen LogP contribution in [0.3, 0.4) is 0 Å². The molecule has 0 radical (unpaired) electrons. The van der Waals surface area contributed by atoms with Crippen molar-refractivity contribution in [3.8, 4) is 0 Å². The Morgan fingerprint density at radius 3 is 0.0625 bits per heavy atom. The van der Waals surface area contributed by atoms with Crippen LogP contribution >= 0.6 is 0 Å². The van der Waals surface area contributed by atoms with E-state index in [9.17, 15) is 0 Å². The average molecular weight is 939 g/mol. The van der Waals surface area contributed by atoms with Crippen LogP contribution < -0.4 is 0 Å². The van der Waals surface area contributed by atoms with Crippen molar-refractivity contribution < 1.29 is 264 Å². The van der Waals surface area contributed by atoms with E-state index in [1.165, 1.54) is 0 Å². The molecular formula is Ni16. The van der Waals surface area contributed by atoms with E-state index in [-0.39, 0.29) is 264 Å². The third kappa shape index (κ3) is 153. The molecule has 0 aliphatic heterocycles. The van der Waals surface area contributed by atoms with Crippen molar-refractivity contribution in [1.82, 2.24) is 0 Å². The minimum absolute atomic E-state index is 0. The molecule has 0 unspecified atom stereocenters. The first-order valence-corrected chi connectivity index (χ1v) is 0. The van der Waals surface area contributed by atoms with Gasteiger partial charge in [-0.15, -0.1) is 0 Å². The van der Waals surface area contributed by atoms with E-state index in [4.69, 9.17) is 0 Å². The SMILES string of the molecule is [Ni].[Ni].[Ni].[Ni].[Ni].[Ni].[Ni].[Ni].[Ni].[Ni].[Ni].[Ni].[Ni].[Ni].[Ni].[Ni]. The topological polar surface area (TPSA) is 0 Å². The smallest absolute Gasteiger partial charge is 0 e. The molecule has 0 spiro atoms. The van der Waals surface area contributed by atoms with Crippen molar-refractivity contribution in [3.05, 3.63) is 0 Å². The fourth-order valence-corrected chi connectivity index (χ4v) is 0. The Bertz CT molecular complexity index is 0. The monoisotopic (exact) mass is 927 g/mol. The summed E-state index contributed by atoms with van der Waals surface area (Å²) in [5.74, 6) is 0. The van der Waals surface area contributed by atoms with Crippen LogP contribution in [0.5, 0.6) is 0 Å². The van der Waals surface area contributed by atoms with Gasteiger partial charge in [0.1, 0.15) is 0 Å². The molecule has 0 saturated carbocycles. The summed E-state index contributed by atoms with van der Waals surface area (Å²) in [7, 11) is 0. The van der Waals surface area contributed by atoms with E-state index < -0.39 is 0 Å². The Labute approximate surface area is 258 Å². The maximum absolute atomic E-state index is 0. The van der Waals surface area contributed by atoms with Gasteiger partial charge in [-0.3, -0.25) is 0 Å². The molecule has 160 valence electrons. The molecule has 0 amide bonds. The molecule has 0 fully saturated rings. The largest absolute Gasteiger partial charge is 0 e. The van der Waals surface area contributed by atoms with E-state index >= 15 is 0 Å². The second-order valence-electron chi connectivity index (χ2n) is 0. The molecule has 0 aromatic carbocycles. The van der Waals surface area contributed by atoms with Crippen molar-refractivity contribution in [2.24, 2.45) is 0 Å². The van der Waals surface area contributed by atoms with Crippen LogP contribution in [0.1, 0.15) is 0 Å². The molecule has 0 aliphatic rings. The van der Waals surface area contributed by atoms with Gasteiger partial charge in [-0.1, -0.05) is 0 Å². The Hall–Kier alpha value is 7.90. The number of hydrogen-bond acceptors (Lipinski definition) is 0. The summed E-state index contributed by atoms with van der Waals surface area (Å²) in [6.45, 7) is 0. The van der Waals surface area contributed by atoms with Crippen LogP contribution in [0.2, 0.25) is 0 Å². The molecule has 0 heterocycles. The van der Waals surface area contributed by atoms with Crippen LogP contribution in [0.15, 0.2) is 0 Å². The summed E-state index contributed by atoms with van der Waals surface area (Å²) in [6.07, 6.45) is 0. The predicted molar refractivity (Wildman–Crippen MR) is 0 cm³/mol. The van der Waals surface area contributed by atoms with Crippen LogP contribution in [0.4, 0.5) is 0 Å². The zero-order valence-corrected chi connectivity index (χ0v) is 20.9. The van der Waals surface area contributed by atoms with E-state index in [0.29, 0.717) is 0 Å². The van der Waals surface area contributed by atoms with Gasteiger partial charge >= 0.3 is 0 Å². The summed E-state index contributed by atoms with van der Waals surface area (Å²) in [4.78, 5) is 0. The second-order valence-corrected chi connectivity index (χ2v) is 0. The normalized spacial score (nSPS) is 0. The summed E-state index contributed by atoms with van der Waals surface area (Å²) in [5.41, 5.74) is 0. The summed E-state index contributed by atoms with van der Waals surface area (Å²) in [5, 5.41) is 0. The molecule has 16 heteroatoms. The Balaban J connectivity index is 0. The molecule has 0 atom stereocenters. The first-order valence-electron chi connectivity index (χ1n) is 0. The molecule has 0 saturated heterocycles. The quantitative estimate of drug-likeness (QED) is 0.300. The standard InChI is InChI=1S/16Ni. The molecule has 0 nitrogen and oxygen atoms in total. The van der Waals surface area contributed by atoms with Gasteiger partial charge in [0.25, 0.3) is 0 Å². The van der Waals surface area contributed by atoms with Gasteiger partial charge < -0.3 is 0 Å². The minimum atomic E-state index is 0. The third-order valence-corrected chi connectivity index (χ3v) is 0. The zero-order chi connectivity index (χ0) is 0. The van der Waals surface area contributed by atoms with Crippen molar-refractivity contribution in [2.45, 2.75) is 0 Å². The number of rotatable bonds is 0. The van der Waals surface area contributed by atoms with Crippen molar-refractivity contribution >= 4 is 0 Å². The minimum Gasteiger partial charge on any atom is 0 e. The second kappa shape index (κ2) is 176. The van der Waals surface area contributed by atoms with Crippen molar-refractivity contribution in [3.63, 3.8) is 0 Å². The van der Waals surface area contributed by atoms with Crippen LogP contribution in [-0.2, 0) is 264 Å². The molecular weight excluding hydrogens is 939 g/mol. The van der Waals surface area contributed by atoms with Crippen LogP contribution in [-0.4, -0.2) is 0 Å². The van der Waals surface area contributed by atoms with Gasteiger partial charge in [-0.05, 0) is 0 Å². The maximum Gasteiger partial charge on any atom is 0 e. The first-order chi connectivity index (χ1) is 0. The first kappa shape index (κ1) is 201. The molecule has 0 aromatic rings. The van der Waals surface area contributed by atoms with Crippen LogP contribution in [0.25, 0.3) is 0 Å². The van der Waals surface area contributed by atoms with Crippen LogP contribution in [0, 0.1) is 0 Å². The summed E-state index contributed by atoms with van der Waals surface area (Å²) in [6, 6.07) is 0. The van der Waals surface area contributed by atoms with E-state index in [1.807, 2.05) is 0 Å². The predicted octanol–water partition coefficient (Wildman–Crippen LogP) is -0.0400. The van der Waals surface area contributed by atoms with Gasteiger partial charge in [-0.2, -0.15) is 0 Å². The van der Waals surface area contributed by atoms with Gasteiger partial charge in [0.15, 0.2) is 0 Å². The summed E-state index contributed by atoms with van der Waals surface area (Å²) >= 11 is 0. The fourth-order valence-electron chi connectivity index (χ4n) is 0. The van der Waals surface area contributed by atoms with Gasteiger partial charge in [0.05, 0.1) is 0 Å². The Morgan fingerprint density at radius 2 is 0.0625 bits per heavy atom. The fraction of sp³-hybridized carbons (Fsp3) is 0. The molecule has 0 N–H and O–H groups in total. The zero-order valence-electron chi connectivity index (χ0n) is 5.06. The average Bonchev–Trinajstić information content (AvgIpc) is 0. The number of hydrogen-bond donors (Lipinski definition) is 0. The molecule has 0 aromatic heterocycles. The third-order valence-electron chi connectivity index (χ3n) is 0. The van der Waals surface area contributed by atoms with Gasteiger partial charge in [0, 0.05) is 264 Å². The van der Waals surface area contributed by atoms with Gasteiger partial charge in [0.2, 0.25) is 0 Å². The molecule has 0 aliphatic carbocycles. The van der Waals surface area contributed by atoms with Crippen molar-refractivity contribution in [2.75, 3.05) is 0 Å².